The maximum absolute atomic E-state index is 5.82. The fourth-order valence-corrected chi connectivity index (χ4v) is 2.08. The van der Waals surface area contributed by atoms with Crippen LogP contribution in [0.2, 0.25) is 0 Å². The zero-order valence-corrected chi connectivity index (χ0v) is 10.9. The first-order valence-electron chi connectivity index (χ1n) is 5.27. The molecule has 0 saturated heterocycles. The van der Waals surface area contributed by atoms with Crippen molar-refractivity contribution in [2.45, 2.75) is 13.3 Å². The Kier molecular flexibility index (Phi) is 3.39. The Hall–Kier alpha value is -1.47. The van der Waals surface area contributed by atoms with E-state index in [4.69, 9.17) is 10.3 Å². The van der Waals surface area contributed by atoms with Gasteiger partial charge in [-0.15, -0.1) is 0 Å². The highest BCUT2D eigenvalue weighted by atomic mass is 32.1. The molecule has 0 fully saturated rings. The molecular weight excluding hydrogens is 238 g/mol. The lowest BCUT2D eigenvalue weighted by atomic mass is 10.2. The van der Waals surface area contributed by atoms with Crippen LogP contribution in [-0.2, 0) is 6.42 Å². The maximum Gasteiger partial charge on any atom is 0.262 e. The number of hydrogen-bond acceptors (Lipinski definition) is 7. The van der Waals surface area contributed by atoms with Gasteiger partial charge in [-0.05, 0) is 32.6 Å². The molecule has 0 unspecified atom stereocenters. The largest absolute Gasteiger partial charge is 0.389 e. The number of aryl methyl sites for hydroxylation is 1. The van der Waals surface area contributed by atoms with Crippen LogP contribution in [-0.4, -0.2) is 40.1 Å². The summed E-state index contributed by atoms with van der Waals surface area (Å²) in [5, 5.41) is 4.55. The lowest BCUT2D eigenvalue weighted by molar-refractivity contribution is 0.392. The molecule has 0 aliphatic rings. The van der Waals surface area contributed by atoms with Crippen LogP contribution in [0.15, 0.2) is 4.52 Å². The van der Waals surface area contributed by atoms with Crippen molar-refractivity contribution in [3.63, 3.8) is 0 Å². The van der Waals surface area contributed by atoms with Crippen LogP contribution in [0.25, 0.3) is 11.5 Å². The Balaban J connectivity index is 2.18. The normalized spacial score (nSPS) is 11.3. The second kappa shape index (κ2) is 4.80. The standard InChI is InChI=1S/C10H15N5OS/c1-6-8(9(11)17-14-6)10-12-7(13-16-10)4-5-15(2)3/h4-5,11H2,1-3H3. The molecule has 0 radical (unpaired) electrons. The van der Waals surface area contributed by atoms with Crippen LogP contribution in [0.5, 0.6) is 0 Å². The molecule has 0 bridgehead atoms. The third-order valence-corrected chi connectivity index (χ3v) is 3.12. The lowest BCUT2D eigenvalue weighted by Gasteiger charge is -2.05. The first kappa shape index (κ1) is 12.0. The van der Waals surface area contributed by atoms with E-state index in [1.54, 1.807) is 0 Å². The van der Waals surface area contributed by atoms with Crippen molar-refractivity contribution in [1.29, 1.82) is 0 Å². The zero-order chi connectivity index (χ0) is 12.4. The Labute approximate surface area is 104 Å². The molecule has 0 saturated carbocycles. The number of aromatic nitrogens is 3. The predicted octanol–water partition coefficient (Wildman–Crippen LogP) is 1.19. The van der Waals surface area contributed by atoms with E-state index in [1.807, 2.05) is 21.0 Å². The Bertz CT molecular complexity index is 485. The molecule has 92 valence electrons. The number of nitrogens with zero attached hydrogens (tertiary/aromatic N) is 4. The Morgan fingerprint density at radius 2 is 2.18 bits per heavy atom. The van der Waals surface area contributed by atoms with Crippen molar-refractivity contribution < 1.29 is 4.52 Å². The third kappa shape index (κ3) is 2.62. The summed E-state index contributed by atoms with van der Waals surface area (Å²) in [7, 11) is 4.01. The van der Waals surface area contributed by atoms with Crippen LogP contribution in [0.4, 0.5) is 5.00 Å². The fraction of sp³-hybridized carbons (Fsp3) is 0.500. The third-order valence-electron chi connectivity index (χ3n) is 2.35. The van der Waals surface area contributed by atoms with E-state index in [-0.39, 0.29) is 0 Å². The second-order valence-corrected chi connectivity index (χ2v) is 4.88. The summed E-state index contributed by atoms with van der Waals surface area (Å²) in [6, 6.07) is 0. The molecule has 2 aromatic rings. The first-order chi connectivity index (χ1) is 8.08. The van der Waals surface area contributed by atoms with Gasteiger partial charge in [0.1, 0.15) is 5.00 Å². The summed E-state index contributed by atoms with van der Waals surface area (Å²) in [5.74, 6) is 1.15. The summed E-state index contributed by atoms with van der Waals surface area (Å²) in [6.45, 7) is 2.77. The van der Waals surface area contributed by atoms with Gasteiger partial charge in [0, 0.05) is 13.0 Å². The highest BCUT2D eigenvalue weighted by Gasteiger charge is 2.17. The highest BCUT2D eigenvalue weighted by Crippen LogP contribution is 2.30. The monoisotopic (exact) mass is 253 g/mol. The summed E-state index contributed by atoms with van der Waals surface area (Å²) in [6.07, 6.45) is 0.757. The summed E-state index contributed by atoms with van der Waals surface area (Å²) in [5.41, 5.74) is 7.42. The quantitative estimate of drug-likeness (QED) is 0.881. The minimum atomic E-state index is 0.461. The molecule has 2 heterocycles. The molecule has 2 N–H and O–H groups in total. The van der Waals surface area contributed by atoms with Crippen molar-refractivity contribution in [3.8, 4) is 11.5 Å². The second-order valence-electron chi connectivity index (χ2n) is 4.08. The smallest absolute Gasteiger partial charge is 0.262 e. The van der Waals surface area contributed by atoms with Gasteiger partial charge in [-0.1, -0.05) is 5.16 Å². The first-order valence-corrected chi connectivity index (χ1v) is 6.04. The molecule has 0 aromatic carbocycles. The van der Waals surface area contributed by atoms with Crippen molar-refractivity contribution in [2.24, 2.45) is 0 Å². The number of nitrogen functional groups attached to an aromatic ring is 1. The van der Waals surface area contributed by atoms with Gasteiger partial charge < -0.3 is 15.2 Å². The molecule has 6 nitrogen and oxygen atoms in total. The van der Waals surface area contributed by atoms with Crippen molar-refractivity contribution in [3.05, 3.63) is 11.5 Å². The van der Waals surface area contributed by atoms with E-state index in [9.17, 15) is 0 Å². The number of likely N-dealkylation sites (N-methyl/N-ethyl adjacent to an activating group) is 1. The number of hydrogen-bond donors (Lipinski definition) is 1. The van der Waals surface area contributed by atoms with E-state index in [1.165, 1.54) is 11.5 Å². The van der Waals surface area contributed by atoms with Gasteiger partial charge in [-0.2, -0.15) is 9.36 Å². The molecule has 0 aliphatic carbocycles. The molecule has 7 heteroatoms. The molecule has 17 heavy (non-hydrogen) atoms. The number of rotatable bonds is 4. The van der Waals surface area contributed by atoms with E-state index in [0.29, 0.717) is 16.7 Å². The topological polar surface area (TPSA) is 81.1 Å². The zero-order valence-electron chi connectivity index (χ0n) is 10.1. The number of nitrogens with two attached hydrogens (primary N) is 1. The lowest BCUT2D eigenvalue weighted by Crippen LogP contribution is -2.15. The fourth-order valence-electron chi connectivity index (χ4n) is 1.43. The minimum Gasteiger partial charge on any atom is -0.389 e. The predicted molar refractivity (Wildman–Crippen MR) is 66.8 cm³/mol. The van der Waals surface area contributed by atoms with Crippen molar-refractivity contribution in [1.82, 2.24) is 19.4 Å². The summed E-state index contributed by atoms with van der Waals surface area (Å²) in [4.78, 5) is 6.40. The van der Waals surface area contributed by atoms with Crippen LogP contribution in [0.1, 0.15) is 11.5 Å². The van der Waals surface area contributed by atoms with Crippen LogP contribution in [0.3, 0.4) is 0 Å². The van der Waals surface area contributed by atoms with E-state index < -0.39 is 0 Å². The SMILES string of the molecule is Cc1nsc(N)c1-c1nc(CCN(C)C)no1. The maximum atomic E-state index is 5.82. The molecular formula is C10H15N5OS. The molecule has 0 atom stereocenters. The van der Waals surface area contributed by atoms with Crippen LogP contribution >= 0.6 is 11.5 Å². The number of anilines is 1. The highest BCUT2D eigenvalue weighted by molar-refractivity contribution is 7.10. The van der Waals surface area contributed by atoms with Gasteiger partial charge in [0.2, 0.25) is 0 Å². The van der Waals surface area contributed by atoms with Gasteiger partial charge >= 0.3 is 0 Å². The average molecular weight is 253 g/mol. The van der Waals surface area contributed by atoms with E-state index >= 15 is 0 Å². The summed E-state index contributed by atoms with van der Waals surface area (Å²) < 4.78 is 9.37. The Morgan fingerprint density at radius 1 is 1.41 bits per heavy atom. The molecule has 2 rings (SSSR count). The van der Waals surface area contributed by atoms with E-state index in [0.717, 1.165) is 24.2 Å². The van der Waals surface area contributed by atoms with Gasteiger partial charge in [0.05, 0.1) is 11.3 Å². The molecule has 0 amide bonds. The van der Waals surface area contributed by atoms with Crippen LogP contribution in [0, 0.1) is 6.92 Å². The minimum absolute atomic E-state index is 0.461. The van der Waals surface area contributed by atoms with Crippen molar-refractivity contribution in [2.75, 3.05) is 26.4 Å². The molecule has 0 aliphatic heterocycles. The van der Waals surface area contributed by atoms with Gasteiger partial charge in [-0.25, -0.2) is 0 Å². The average Bonchev–Trinajstić information content (AvgIpc) is 2.83. The van der Waals surface area contributed by atoms with Crippen molar-refractivity contribution >= 4 is 16.5 Å². The van der Waals surface area contributed by atoms with Crippen LogP contribution < -0.4 is 5.73 Å². The molecule has 0 spiro atoms. The summed E-state index contributed by atoms with van der Waals surface area (Å²) >= 11 is 1.25. The molecule has 2 aromatic heterocycles. The Morgan fingerprint density at radius 3 is 2.76 bits per heavy atom. The van der Waals surface area contributed by atoms with Gasteiger partial charge in [0.25, 0.3) is 5.89 Å². The van der Waals surface area contributed by atoms with Gasteiger partial charge in [-0.3, -0.25) is 0 Å². The van der Waals surface area contributed by atoms with Gasteiger partial charge in [0.15, 0.2) is 5.82 Å². The van der Waals surface area contributed by atoms with E-state index in [2.05, 4.69) is 19.4 Å².